The van der Waals surface area contributed by atoms with Gasteiger partial charge < -0.3 is 0 Å². The Labute approximate surface area is 633 Å². The van der Waals surface area contributed by atoms with Gasteiger partial charge in [-0.2, -0.15) is 0 Å². The molecule has 0 aliphatic carbocycles. The highest BCUT2D eigenvalue weighted by atomic mass is 14.4. The van der Waals surface area contributed by atoms with E-state index in [1.807, 2.05) is 0 Å². The second kappa shape index (κ2) is 30.0. The van der Waals surface area contributed by atoms with Gasteiger partial charge in [0.2, 0.25) is 0 Å². The minimum absolute atomic E-state index is 1.09. The highest BCUT2D eigenvalue weighted by Gasteiger charge is 2.33. The fraction of sp³-hybridized carbons (Fsp3) is 0. The molecule has 0 N–H and O–H groups in total. The van der Waals surface area contributed by atoms with Gasteiger partial charge in [-0.25, -0.2) is 0 Å². The van der Waals surface area contributed by atoms with Gasteiger partial charge in [0.05, 0.1) is 0 Å². The van der Waals surface area contributed by atoms with Crippen LogP contribution in [0.1, 0.15) is 0 Å². The molecule has 0 heteroatoms. The zero-order valence-corrected chi connectivity index (χ0v) is 59.7. The third kappa shape index (κ3) is 12.6. The quantitative estimate of drug-likeness (QED) is 0.0852. The lowest BCUT2D eigenvalue weighted by Gasteiger charge is -2.30. The van der Waals surface area contributed by atoms with Crippen molar-refractivity contribution in [3.63, 3.8) is 0 Å². The Morgan fingerprint density at radius 3 is 0.315 bits per heavy atom. The van der Waals surface area contributed by atoms with Crippen LogP contribution in [0.25, 0.3) is 189 Å². The van der Waals surface area contributed by atoms with E-state index < -0.39 is 0 Å². The molecule has 0 nitrogen and oxygen atoms in total. The summed E-state index contributed by atoms with van der Waals surface area (Å²) >= 11 is 0. The van der Waals surface area contributed by atoms with Gasteiger partial charge in [-0.05, 0) is 195 Å². The van der Waals surface area contributed by atoms with Gasteiger partial charge in [0.25, 0.3) is 0 Å². The maximum absolute atomic E-state index is 2.47. The highest BCUT2D eigenvalue weighted by molar-refractivity contribution is 6.18. The first-order valence-corrected chi connectivity index (χ1v) is 37.3. The molecule has 108 heavy (non-hydrogen) atoms. The highest BCUT2D eigenvalue weighted by Crippen LogP contribution is 2.60. The van der Waals surface area contributed by atoms with Crippen LogP contribution in [0.4, 0.5) is 0 Å². The summed E-state index contributed by atoms with van der Waals surface area (Å²) < 4.78 is 0. The van der Waals surface area contributed by atoms with E-state index in [1.165, 1.54) is 50.1 Å². The van der Waals surface area contributed by atoms with E-state index in [2.05, 4.69) is 449 Å². The van der Waals surface area contributed by atoms with Gasteiger partial charge in [0.15, 0.2) is 0 Å². The number of hydrogen-bond acceptors (Lipinski definition) is 0. The van der Waals surface area contributed by atoms with E-state index in [4.69, 9.17) is 0 Å². The third-order valence-electron chi connectivity index (χ3n) is 21.1. The number of hydrogen-bond donors (Lipinski definition) is 0. The third-order valence-corrected chi connectivity index (χ3v) is 21.1. The van der Waals surface area contributed by atoms with E-state index in [9.17, 15) is 0 Å². The van der Waals surface area contributed by atoms with Gasteiger partial charge in [0.1, 0.15) is 0 Å². The van der Waals surface area contributed by atoms with Gasteiger partial charge in [-0.1, -0.05) is 443 Å². The van der Waals surface area contributed by atoms with Crippen molar-refractivity contribution >= 4 is 0 Å². The van der Waals surface area contributed by atoms with Gasteiger partial charge in [-0.15, -0.1) is 0 Å². The second-order valence-corrected chi connectivity index (χ2v) is 27.5. The summed E-state index contributed by atoms with van der Waals surface area (Å²) in [4.78, 5) is 0. The molecular formula is C108H74. The Morgan fingerprint density at radius 2 is 0.167 bits per heavy atom. The Balaban J connectivity index is 0.969. The molecule has 0 unspecified atom stereocenters. The molecule has 0 amide bonds. The molecule has 0 saturated heterocycles. The molecule has 18 aromatic carbocycles. The van der Waals surface area contributed by atoms with Crippen LogP contribution >= 0.6 is 0 Å². The molecule has 0 radical (unpaired) electrons. The van der Waals surface area contributed by atoms with Gasteiger partial charge >= 0.3 is 0 Å². The summed E-state index contributed by atoms with van der Waals surface area (Å²) in [5, 5.41) is 0. The van der Waals surface area contributed by atoms with Crippen LogP contribution in [0.2, 0.25) is 0 Å². The average Bonchev–Trinajstić information content (AvgIpc) is 0.722. The predicted octanol–water partition coefficient (Wildman–Crippen LogP) is 30.0. The molecule has 18 rings (SSSR count). The molecule has 0 fully saturated rings. The van der Waals surface area contributed by atoms with Crippen molar-refractivity contribution in [3.05, 3.63) is 449 Å². The van der Waals surface area contributed by atoms with Crippen LogP contribution in [0.15, 0.2) is 449 Å². The molecule has 0 bridgehead atoms. The van der Waals surface area contributed by atoms with Crippen LogP contribution < -0.4 is 0 Å². The fourth-order valence-electron chi connectivity index (χ4n) is 16.5. The summed E-state index contributed by atoms with van der Waals surface area (Å²) in [5.41, 5.74) is 39.0. The smallest absolute Gasteiger partial charge is 0.00139 e. The van der Waals surface area contributed by atoms with Crippen LogP contribution in [-0.2, 0) is 0 Å². The van der Waals surface area contributed by atoms with Crippen LogP contribution in [0.3, 0.4) is 0 Å². The van der Waals surface area contributed by atoms with Crippen molar-refractivity contribution in [2.24, 2.45) is 0 Å². The zero-order chi connectivity index (χ0) is 72.0. The SMILES string of the molecule is c1ccc(-c2cc(-c3ccc(-c4c(-c5ccccc5)c(-c5ccccc5)c(-c5ccccc5)c(-c5ccccc5)c4-c4ccc(-c5c(-c6ccccc6)c(-c6ccccc6)c(-c6ccccc6)c(-c6ccccc6)c5-c5ccccc5)cc4)cc3)c(-c3ccccc3)c(-c3ccccc3)c2-c2ccccc2)cc1. The standard InChI is InChI=1S/C108H74/c1-14-40-75(41-15-1)92-74-93(95(78-44-18-3-19-45-78)96(79-46-20-4-21-47-79)94(92)77-42-16-2-17-43-77)76-66-68-89(69-67-76)107-104(87-62-36-12-37-63-87)100(83-54-28-8-29-55-83)101(84-56-30-9-31-57-84)105(88-64-38-13-39-65-88)108(107)91-72-70-90(71-73-91)106-102(85-58-32-10-33-59-85)98(81-50-24-6-25-51-81)97(80-48-22-5-23-49-80)99(82-52-26-7-27-53-82)103(106)86-60-34-11-35-61-86/h1-74H. The first-order chi connectivity index (χ1) is 53.7. The van der Waals surface area contributed by atoms with Crippen molar-refractivity contribution in [3.8, 4) is 189 Å². The zero-order valence-electron chi connectivity index (χ0n) is 59.7. The number of benzene rings is 18. The second-order valence-electron chi connectivity index (χ2n) is 27.5. The van der Waals surface area contributed by atoms with Gasteiger partial charge in [0, 0.05) is 0 Å². The topological polar surface area (TPSA) is 0 Å². The van der Waals surface area contributed by atoms with Crippen molar-refractivity contribution < 1.29 is 0 Å². The molecule has 0 aliphatic heterocycles. The number of rotatable bonds is 17. The lowest BCUT2D eigenvalue weighted by Crippen LogP contribution is -2.03. The minimum Gasteiger partial charge on any atom is -0.0622 e. The van der Waals surface area contributed by atoms with Crippen LogP contribution in [0.5, 0.6) is 0 Å². The first kappa shape index (κ1) is 65.9. The lowest BCUT2D eigenvalue weighted by molar-refractivity contribution is 1.50. The molecule has 18 aromatic rings. The van der Waals surface area contributed by atoms with Crippen molar-refractivity contribution in [1.82, 2.24) is 0 Å². The minimum atomic E-state index is 1.09. The molecule has 0 aliphatic rings. The molecule has 0 atom stereocenters. The Morgan fingerprint density at radius 1 is 0.0741 bits per heavy atom. The molecular weight excluding hydrogens is 1300 g/mol. The maximum Gasteiger partial charge on any atom is -0.00139 e. The summed E-state index contributed by atoms with van der Waals surface area (Å²) in [6.45, 7) is 0. The summed E-state index contributed by atoms with van der Waals surface area (Å²) in [6, 6.07) is 166. The van der Waals surface area contributed by atoms with E-state index in [0.29, 0.717) is 0 Å². The van der Waals surface area contributed by atoms with Crippen molar-refractivity contribution in [1.29, 1.82) is 0 Å². The van der Waals surface area contributed by atoms with E-state index in [1.54, 1.807) is 0 Å². The maximum atomic E-state index is 2.47. The molecule has 0 saturated carbocycles. The van der Waals surface area contributed by atoms with Crippen molar-refractivity contribution in [2.75, 3.05) is 0 Å². The van der Waals surface area contributed by atoms with Crippen LogP contribution in [0, 0.1) is 0 Å². The molecule has 0 spiro atoms. The van der Waals surface area contributed by atoms with Gasteiger partial charge in [-0.3, -0.25) is 0 Å². The normalized spacial score (nSPS) is 11.1. The van der Waals surface area contributed by atoms with E-state index >= 15 is 0 Å². The van der Waals surface area contributed by atoms with Crippen LogP contribution in [-0.4, -0.2) is 0 Å². The fourth-order valence-corrected chi connectivity index (χ4v) is 16.5. The first-order valence-electron chi connectivity index (χ1n) is 37.3. The summed E-state index contributed by atoms with van der Waals surface area (Å²) in [7, 11) is 0. The Hall–Kier alpha value is -14.0. The summed E-state index contributed by atoms with van der Waals surface area (Å²) in [6.07, 6.45) is 0. The Kier molecular flexibility index (Phi) is 18.3. The monoisotopic (exact) mass is 1370 g/mol. The molecule has 0 heterocycles. The largest absolute Gasteiger partial charge is 0.0622 e. The van der Waals surface area contributed by atoms with E-state index in [-0.39, 0.29) is 0 Å². The Bertz CT molecular complexity index is 6010. The molecule has 0 aromatic heterocycles. The lowest BCUT2D eigenvalue weighted by atomic mass is 9.73. The predicted molar refractivity (Wildman–Crippen MR) is 459 cm³/mol. The average molecular weight is 1370 g/mol. The molecule has 506 valence electrons. The summed E-state index contributed by atoms with van der Waals surface area (Å²) in [5.74, 6) is 0. The van der Waals surface area contributed by atoms with Crippen molar-refractivity contribution in [2.45, 2.75) is 0 Å². The van der Waals surface area contributed by atoms with E-state index in [0.717, 1.165) is 139 Å².